The van der Waals surface area contributed by atoms with Gasteiger partial charge in [-0.25, -0.2) is 4.99 Å². The van der Waals surface area contributed by atoms with E-state index in [9.17, 15) is 0 Å². The highest BCUT2D eigenvalue weighted by molar-refractivity contribution is 8.93. The van der Waals surface area contributed by atoms with Crippen molar-refractivity contribution in [2.24, 2.45) is 4.99 Å². The normalized spacial score (nSPS) is 9.50. The number of nitrogens with zero attached hydrogens (tertiary/aromatic N) is 2. The molecule has 3 heteroatoms. The zero-order valence-electron chi connectivity index (χ0n) is 7.27. The SMILES string of the molecule is Br.CN(C)C=Nc1ccccc1. The van der Waals surface area contributed by atoms with Crippen LogP contribution in [-0.4, -0.2) is 25.3 Å². The van der Waals surface area contributed by atoms with E-state index in [0.717, 1.165) is 5.69 Å². The fraction of sp³-hybridized carbons (Fsp3) is 0.222. The van der Waals surface area contributed by atoms with Crippen LogP contribution >= 0.6 is 17.0 Å². The molecule has 1 aromatic carbocycles. The van der Waals surface area contributed by atoms with Crippen molar-refractivity contribution in [3.8, 4) is 0 Å². The van der Waals surface area contributed by atoms with Crippen LogP contribution < -0.4 is 0 Å². The Morgan fingerprint density at radius 2 is 1.75 bits per heavy atom. The highest BCUT2D eigenvalue weighted by Crippen LogP contribution is 2.07. The molecule has 12 heavy (non-hydrogen) atoms. The Hall–Kier alpha value is -0.830. The molecule has 0 saturated carbocycles. The van der Waals surface area contributed by atoms with Crippen molar-refractivity contribution in [3.63, 3.8) is 0 Å². The van der Waals surface area contributed by atoms with E-state index in [1.807, 2.05) is 49.3 Å². The lowest BCUT2D eigenvalue weighted by atomic mass is 10.3. The van der Waals surface area contributed by atoms with Crippen LogP contribution in [0.5, 0.6) is 0 Å². The van der Waals surface area contributed by atoms with E-state index in [4.69, 9.17) is 0 Å². The fourth-order valence-electron chi connectivity index (χ4n) is 0.696. The molecule has 0 bridgehead atoms. The van der Waals surface area contributed by atoms with Crippen molar-refractivity contribution < 1.29 is 0 Å². The molecule has 0 radical (unpaired) electrons. The van der Waals surface area contributed by atoms with Crippen molar-refractivity contribution >= 4 is 29.0 Å². The van der Waals surface area contributed by atoms with E-state index in [1.165, 1.54) is 0 Å². The predicted octanol–water partition coefficient (Wildman–Crippen LogP) is 2.49. The zero-order valence-corrected chi connectivity index (χ0v) is 8.98. The molecule has 0 aliphatic rings. The minimum Gasteiger partial charge on any atom is -0.369 e. The average molecular weight is 229 g/mol. The smallest absolute Gasteiger partial charge is 0.0907 e. The molecule has 0 saturated heterocycles. The number of benzene rings is 1. The summed E-state index contributed by atoms with van der Waals surface area (Å²) in [6.07, 6.45) is 1.79. The maximum atomic E-state index is 4.21. The molecule has 0 heterocycles. The Bertz CT molecular complexity index is 232. The quantitative estimate of drug-likeness (QED) is 0.562. The van der Waals surface area contributed by atoms with E-state index in [-0.39, 0.29) is 17.0 Å². The van der Waals surface area contributed by atoms with Gasteiger partial charge in [0.15, 0.2) is 0 Å². The second kappa shape index (κ2) is 5.77. The minimum atomic E-state index is 0. The first-order valence-electron chi connectivity index (χ1n) is 3.55. The van der Waals surface area contributed by atoms with Gasteiger partial charge in [0, 0.05) is 14.1 Å². The van der Waals surface area contributed by atoms with Crippen LogP contribution in [0.25, 0.3) is 0 Å². The van der Waals surface area contributed by atoms with Gasteiger partial charge >= 0.3 is 0 Å². The van der Waals surface area contributed by atoms with Crippen molar-refractivity contribution in [1.29, 1.82) is 0 Å². The van der Waals surface area contributed by atoms with Gasteiger partial charge in [-0.3, -0.25) is 0 Å². The summed E-state index contributed by atoms with van der Waals surface area (Å²) < 4.78 is 0. The highest BCUT2D eigenvalue weighted by Gasteiger charge is 1.82. The number of rotatable bonds is 2. The summed E-state index contributed by atoms with van der Waals surface area (Å²) in [5.41, 5.74) is 0.987. The summed E-state index contributed by atoms with van der Waals surface area (Å²) in [6, 6.07) is 9.87. The molecule has 1 aromatic rings. The van der Waals surface area contributed by atoms with Crippen LogP contribution in [0.4, 0.5) is 5.69 Å². The van der Waals surface area contributed by atoms with Crippen LogP contribution in [0.1, 0.15) is 0 Å². The van der Waals surface area contributed by atoms with Gasteiger partial charge in [0.2, 0.25) is 0 Å². The van der Waals surface area contributed by atoms with Crippen LogP contribution in [0.15, 0.2) is 35.3 Å². The van der Waals surface area contributed by atoms with E-state index in [0.29, 0.717) is 0 Å². The van der Waals surface area contributed by atoms with Crippen molar-refractivity contribution in [2.45, 2.75) is 0 Å². The number of halogens is 1. The molecule has 66 valence electrons. The Morgan fingerprint density at radius 1 is 1.17 bits per heavy atom. The van der Waals surface area contributed by atoms with Crippen molar-refractivity contribution in [3.05, 3.63) is 30.3 Å². The minimum absolute atomic E-state index is 0. The van der Waals surface area contributed by atoms with E-state index in [2.05, 4.69) is 4.99 Å². The van der Waals surface area contributed by atoms with Crippen LogP contribution in [0, 0.1) is 0 Å². The maximum Gasteiger partial charge on any atom is 0.0907 e. The fourth-order valence-corrected chi connectivity index (χ4v) is 0.696. The van der Waals surface area contributed by atoms with Crippen LogP contribution in [0.2, 0.25) is 0 Å². The third-order valence-electron chi connectivity index (χ3n) is 1.19. The molecule has 0 unspecified atom stereocenters. The number of para-hydroxylation sites is 1. The lowest BCUT2D eigenvalue weighted by Gasteiger charge is -2.01. The summed E-state index contributed by atoms with van der Waals surface area (Å²) in [6.45, 7) is 0. The lowest BCUT2D eigenvalue weighted by Crippen LogP contribution is -2.06. The second-order valence-electron chi connectivity index (χ2n) is 2.54. The third-order valence-corrected chi connectivity index (χ3v) is 1.19. The van der Waals surface area contributed by atoms with Crippen LogP contribution in [-0.2, 0) is 0 Å². The monoisotopic (exact) mass is 228 g/mol. The van der Waals surface area contributed by atoms with Gasteiger partial charge in [0.25, 0.3) is 0 Å². The van der Waals surface area contributed by atoms with Gasteiger partial charge in [0.05, 0.1) is 12.0 Å². The molecule has 0 aliphatic carbocycles. The molecule has 2 nitrogen and oxygen atoms in total. The zero-order chi connectivity index (χ0) is 8.10. The maximum absolute atomic E-state index is 4.21. The lowest BCUT2D eigenvalue weighted by molar-refractivity contribution is 0.643. The Kier molecular flexibility index (Phi) is 5.37. The molecule has 0 atom stereocenters. The molecular weight excluding hydrogens is 216 g/mol. The molecular formula is C9H13BrN2. The second-order valence-corrected chi connectivity index (χ2v) is 2.54. The summed E-state index contributed by atoms with van der Waals surface area (Å²) in [7, 11) is 3.90. The molecule has 0 aliphatic heterocycles. The molecule has 0 amide bonds. The third kappa shape index (κ3) is 4.13. The number of hydrogen-bond acceptors (Lipinski definition) is 1. The first-order chi connectivity index (χ1) is 5.29. The number of aliphatic imine (C=N–C) groups is 1. The molecule has 0 aromatic heterocycles. The van der Waals surface area contributed by atoms with Gasteiger partial charge in [0.1, 0.15) is 0 Å². The molecule has 1 rings (SSSR count). The topological polar surface area (TPSA) is 15.6 Å². The van der Waals surface area contributed by atoms with Crippen molar-refractivity contribution in [1.82, 2.24) is 4.90 Å². The summed E-state index contributed by atoms with van der Waals surface area (Å²) >= 11 is 0. The molecule has 0 spiro atoms. The van der Waals surface area contributed by atoms with E-state index >= 15 is 0 Å². The summed E-state index contributed by atoms with van der Waals surface area (Å²) in [5.74, 6) is 0. The standard InChI is InChI=1S/C9H12N2.BrH/c1-11(2)8-10-9-6-4-3-5-7-9;/h3-8H,1-2H3;1H. The Morgan fingerprint density at radius 3 is 2.25 bits per heavy atom. The van der Waals surface area contributed by atoms with E-state index < -0.39 is 0 Å². The first kappa shape index (κ1) is 11.2. The Labute approximate surface area is 83.7 Å². The molecule has 0 N–H and O–H groups in total. The summed E-state index contributed by atoms with van der Waals surface area (Å²) in [4.78, 5) is 6.12. The van der Waals surface area contributed by atoms with Crippen molar-refractivity contribution in [2.75, 3.05) is 14.1 Å². The van der Waals surface area contributed by atoms with Gasteiger partial charge < -0.3 is 4.90 Å². The van der Waals surface area contributed by atoms with Gasteiger partial charge in [-0.1, -0.05) is 18.2 Å². The highest BCUT2D eigenvalue weighted by atomic mass is 79.9. The van der Waals surface area contributed by atoms with Crippen LogP contribution in [0.3, 0.4) is 0 Å². The van der Waals surface area contributed by atoms with E-state index in [1.54, 1.807) is 6.34 Å². The predicted molar refractivity (Wildman–Crippen MR) is 58.6 cm³/mol. The Balaban J connectivity index is 0.00000121. The van der Waals surface area contributed by atoms with Gasteiger partial charge in [-0.2, -0.15) is 0 Å². The number of hydrogen-bond donors (Lipinski definition) is 0. The summed E-state index contributed by atoms with van der Waals surface area (Å²) in [5, 5.41) is 0. The first-order valence-corrected chi connectivity index (χ1v) is 3.55. The molecule has 0 fully saturated rings. The van der Waals surface area contributed by atoms with Gasteiger partial charge in [-0.15, -0.1) is 17.0 Å². The largest absolute Gasteiger partial charge is 0.369 e. The average Bonchev–Trinajstić information content (AvgIpc) is 2.03. The van der Waals surface area contributed by atoms with Gasteiger partial charge in [-0.05, 0) is 12.1 Å².